The van der Waals surface area contributed by atoms with Gasteiger partial charge in [0.1, 0.15) is 12.4 Å². The molecule has 1 amide bonds. The molecule has 2 atom stereocenters. The minimum atomic E-state index is -0.596. The van der Waals surface area contributed by atoms with E-state index in [0.29, 0.717) is 37.0 Å². The molecule has 45 heavy (non-hydrogen) atoms. The summed E-state index contributed by atoms with van der Waals surface area (Å²) in [4.78, 5) is 33.1. The smallest absolute Gasteiger partial charge is 0.221 e. The molecule has 10 heteroatoms. The first kappa shape index (κ1) is 34.9. The summed E-state index contributed by atoms with van der Waals surface area (Å²) in [7, 11) is 4.00. The number of hydrogen-bond acceptors (Lipinski definition) is 9. The number of likely N-dealkylation sites (N-methyl/N-ethyl adjacent to an activating group) is 1. The Morgan fingerprint density at radius 1 is 1.04 bits per heavy atom. The molecule has 0 radical (unpaired) electrons. The Kier molecular flexibility index (Phi) is 12.5. The fourth-order valence-corrected chi connectivity index (χ4v) is 7.28. The lowest BCUT2D eigenvalue weighted by atomic mass is 9.80. The Labute approximate surface area is 278 Å². The standard InChI is InChI=1S/C35H48N4O4S2/c1-6-35(37(4)5,25-27-11-9-8-10-12-27)32(41)28-13-15-29(16-14-28)39-22-20-38(21-23-39)19-17-31(40)36-18-24-43-30-26-34(30,3)45-33(44)42-7-2/h8-16,26H,6-7,17-25H2,1-5H3,(H,36,40). The lowest BCUT2D eigenvalue weighted by Crippen LogP contribution is -2.52. The molecule has 8 nitrogen and oxygen atoms in total. The number of amides is 1. The Balaban J connectivity index is 1.17. The lowest BCUT2D eigenvalue weighted by molar-refractivity contribution is -0.121. The highest BCUT2D eigenvalue weighted by Crippen LogP contribution is 2.47. The molecule has 1 heterocycles. The highest BCUT2D eigenvalue weighted by atomic mass is 32.2. The molecule has 2 aliphatic rings. The summed E-state index contributed by atoms with van der Waals surface area (Å²) in [6, 6.07) is 18.4. The van der Waals surface area contributed by atoms with E-state index < -0.39 is 5.54 Å². The van der Waals surface area contributed by atoms with Gasteiger partial charge in [-0.15, -0.1) is 0 Å². The number of benzene rings is 2. The molecule has 1 aliphatic carbocycles. The molecule has 1 fully saturated rings. The van der Waals surface area contributed by atoms with Gasteiger partial charge in [0, 0.05) is 50.4 Å². The maximum absolute atomic E-state index is 13.9. The fraction of sp³-hybridized carbons (Fsp3) is 0.514. The molecule has 244 valence electrons. The Morgan fingerprint density at radius 2 is 1.73 bits per heavy atom. The third kappa shape index (κ3) is 9.31. The molecule has 2 aromatic carbocycles. The van der Waals surface area contributed by atoms with Crippen LogP contribution < -0.4 is 10.2 Å². The van der Waals surface area contributed by atoms with Gasteiger partial charge in [-0.05, 0) is 88.9 Å². The minimum Gasteiger partial charge on any atom is -0.495 e. The summed E-state index contributed by atoms with van der Waals surface area (Å²) in [5.41, 5.74) is 2.43. The molecule has 2 aromatic rings. The van der Waals surface area contributed by atoms with Gasteiger partial charge in [0.05, 0.1) is 23.4 Å². The number of ketones is 1. The number of carbonyl (C=O) groups excluding carboxylic acids is 2. The average molecular weight is 653 g/mol. The van der Waals surface area contributed by atoms with E-state index in [2.05, 4.69) is 51.2 Å². The number of thiocarbonyl (C=S) groups is 1. The molecule has 0 bridgehead atoms. The first-order chi connectivity index (χ1) is 21.6. The number of thioether (sulfide) groups is 1. The number of carbonyl (C=O) groups is 2. The Morgan fingerprint density at radius 3 is 2.36 bits per heavy atom. The summed E-state index contributed by atoms with van der Waals surface area (Å²) >= 11 is 6.68. The number of ether oxygens (including phenoxy) is 2. The summed E-state index contributed by atoms with van der Waals surface area (Å²) in [6.07, 6.45) is 3.88. The van der Waals surface area contributed by atoms with Gasteiger partial charge in [0.2, 0.25) is 10.3 Å². The van der Waals surface area contributed by atoms with Gasteiger partial charge in [-0.2, -0.15) is 0 Å². The van der Waals surface area contributed by atoms with E-state index in [9.17, 15) is 9.59 Å². The van der Waals surface area contributed by atoms with E-state index in [1.807, 2.05) is 64.4 Å². The fourth-order valence-electron chi connectivity index (χ4n) is 5.80. The van der Waals surface area contributed by atoms with E-state index in [4.69, 9.17) is 21.7 Å². The average Bonchev–Trinajstić information content (AvgIpc) is 3.69. The number of anilines is 1. The van der Waals surface area contributed by atoms with E-state index in [-0.39, 0.29) is 16.4 Å². The maximum Gasteiger partial charge on any atom is 0.221 e. The number of nitrogens with one attached hydrogen (secondary N) is 1. The molecule has 0 saturated carbocycles. The van der Waals surface area contributed by atoms with Crippen LogP contribution in [0.2, 0.25) is 0 Å². The summed E-state index contributed by atoms with van der Waals surface area (Å²) in [5.74, 6) is 1.08. The minimum absolute atomic E-state index is 0.0360. The number of hydrogen-bond donors (Lipinski definition) is 1. The van der Waals surface area contributed by atoms with Crippen LogP contribution in [0.4, 0.5) is 5.69 Å². The largest absolute Gasteiger partial charge is 0.495 e. The second-order valence-corrected chi connectivity index (χ2v) is 14.0. The van der Waals surface area contributed by atoms with E-state index in [0.717, 1.165) is 61.7 Å². The molecular formula is C35H48N4O4S2. The summed E-state index contributed by atoms with van der Waals surface area (Å²) in [5, 5.41) is 2.96. The second kappa shape index (κ2) is 16.1. The number of nitrogens with zero attached hydrogens (tertiary/aromatic N) is 3. The molecule has 0 aromatic heterocycles. The van der Waals surface area contributed by atoms with Crippen molar-refractivity contribution in [2.45, 2.75) is 50.3 Å². The first-order valence-electron chi connectivity index (χ1n) is 15.9. The number of rotatable bonds is 16. The van der Waals surface area contributed by atoms with Crippen molar-refractivity contribution in [3.63, 3.8) is 0 Å². The van der Waals surface area contributed by atoms with Crippen LogP contribution in [0.25, 0.3) is 0 Å². The predicted octanol–water partition coefficient (Wildman–Crippen LogP) is 5.18. The van der Waals surface area contributed by atoms with Crippen molar-refractivity contribution in [2.75, 3.05) is 71.5 Å². The van der Waals surface area contributed by atoms with E-state index in [1.54, 1.807) is 0 Å². The van der Waals surface area contributed by atoms with Crippen LogP contribution >= 0.6 is 24.0 Å². The topological polar surface area (TPSA) is 74.4 Å². The van der Waals surface area contributed by atoms with Crippen molar-refractivity contribution >= 4 is 45.7 Å². The van der Waals surface area contributed by atoms with Crippen LogP contribution in [-0.2, 0) is 20.7 Å². The molecule has 1 N–H and O–H groups in total. The van der Waals surface area contributed by atoms with Crippen molar-refractivity contribution in [2.24, 2.45) is 0 Å². The maximum atomic E-state index is 13.9. The predicted molar refractivity (Wildman–Crippen MR) is 188 cm³/mol. The van der Waals surface area contributed by atoms with Crippen LogP contribution in [0, 0.1) is 0 Å². The van der Waals surface area contributed by atoms with Gasteiger partial charge in [-0.25, -0.2) is 0 Å². The lowest BCUT2D eigenvalue weighted by Gasteiger charge is -2.38. The van der Waals surface area contributed by atoms with Gasteiger partial charge in [0.15, 0.2) is 5.78 Å². The van der Waals surface area contributed by atoms with Gasteiger partial charge in [-0.1, -0.05) is 49.0 Å². The first-order valence-corrected chi connectivity index (χ1v) is 17.1. The Hall–Kier alpha value is -2.92. The highest BCUT2D eigenvalue weighted by molar-refractivity contribution is 8.23. The number of piperazine rings is 1. The van der Waals surface area contributed by atoms with Crippen LogP contribution in [0.5, 0.6) is 0 Å². The zero-order chi connectivity index (χ0) is 32.5. The molecule has 1 saturated heterocycles. The molecule has 4 rings (SSSR count). The van der Waals surface area contributed by atoms with Crippen molar-refractivity contribution in [3.8, 4) is 0 Å². The van der Waals surface area contributed by atoms with E-state index >= 15 is 0 Å². The molecular weight excluding hydrogens is 605 g/mol. The van der Waals surface area contributed by atoms with Crippen LogP contribution in [0.3, 0.4) is 0 Å². The van der Waals surface area contributed by atoms with Crippen molar-refractivity contribution in [1.29, 1.82) is 0 Å². The normalized spacial score (nSPS) is 19.4. The van der Waals surface area contributed by atoms with Crippen LogP contribution in [0.1, 0.15) is 49.5 Å². The third-order valence-electron chi connectivity index (χ3n) is 8.78. The van der Waals surface area contributed by atoms with Crippen molar-refractivity contribution < 1.29 is 19.1 Å². The summed E-state index contributed by atoms with van der Waals surface area (Å²) in [6.45, 7) is 11.8. The van der Waals surface area contributed by atoms with Crippen molar-refractivity contribution in [1.82, 2.24) is 15.1 Å². The van der Waals surface area contributed by atoms with Gasteiger partial charge in [0.25, 0.3) is 0 Å². The third-order valence-corrected chi connectivity index (χ3v) is 10.2. The van der Waals surface area contributed by atoms with Gasteiger partial charge >= 0.3 is 0 Å². The zero-order valence-corrected chi connectivity index (χ0v) is 29.0. The zero-order valence-electron chi connectivity index (χ0n) is 27.3. The Bertz CT molecular complexity index is 1330. The number of Topliss-reactive ketones (excluding diaryl/α,β-unsaturated/α-hetero) is 1. The molecule has 1 aliphatic heterocycles. The van der Waals surface area contributed by atoms with Crippen molar-refractivity contribution in [3.05, 3.63) is 77.6 Å². The van der Waals surface area contributed by atoms with Crippen LogP contribution in [0.15, 0.2) is 66.4 Å². The monoisotopic (exact) mass is 652 g/mol. The van der Waals surface area contributed by atoms with Gasteiger partial charge in [-0.3, -0.25) is 19.4 Å². The molecule has 2 unspecified atom stereocenters. The van der Waals surface area contributed by atoms with Gasteiger partial charge < -0.3 is 19.7 Å². The highest BCUT2D eigenvalue weighted by Gasteiger charge is 2.44. The summed E-state index contributed by atoms with van der Waals surface area (Å²) < 4.78 is 11.4. The quantitative estimate of drug-likeness (QED) is 0.150. The SMILES string of the molecule is CCOC(=S)SC1(C)C=C1OCCNC(=O)CCN1CCN(c2ccc(C(=O)C(CC)(Cc3ccccc3)N(C)C)cc2)CC1. The second-order valence-electron chi connectivity index (χ2n) is 12.0. The molecule has 0 spiro atoms. The van der Waals surface area contributed by atoms with Crippen LogP contribution in [-0.4, -0.2) is 103 Å². The van der Waals surface area contributed by atoms with E-state index in [1.165, 1.54) is 11.8 Å².